The van der Waals surface area contributed by atoms with Crippen molar-refractivity contribution in [1.82, 2.24) is 5.32 Å². The molecule has 0 aromatic heterocycles. The molecule has 1 atom stereocenters. The maximum atomic E-state index is 12.1. The molecule has 0 fully saturated rings. The molecule has 18 heavy (non-hydrogen) atoms. The van der Waals surface area contributed by atoms with Gasteiger partial charge in [-0.25, -0.2) is 0 Å². The molecule has 0 aliphatic heterocycles. The zero-order valence-electron chi connectivity index (χ0n) is 10.6. The van der Waals surface area contributed by atoms with Crippen LogP contribution in [0.4, 0.5) is 13.2 Å². The van der Waals surface area contributed by atoms with Gasteiger partial charge in [0.1, 0.15) is 0 Å². The Hall–Kier alpha value is -0.680. The van der Waals surface area contributed by atoms with E-state index in [0.717, 1.165) is 10.5 Å². The highest BCUT2D eigenvalue weighted by Crippen LogP contribution is 2.25. The van der Waals surface area contributed by atoms with Crippen LogP contribution in [0, 0.1) is 6.92 Å². The van der Waals surface area contributed by atoms with Gasteiger partial charge in [0.25, 0.3) is 0 Å². The SMILES string of the molecule is CNC(CCC(F)(F)F)CSc1cccc(C)c1. The molecule has 0 saturated heterocycles. The molecule has 0 radical (unpaired) electrons. The summed E-state index contributed by atoms with van der Waals surface area (Å²) in [6, 6.07) is 7.87. The first-order chi connectivity index (χ1) is 8.40. The van der Waals surface area contributed by atoms with Crippen LogP contribution in [0.5, 0.6) is 0 Å². The van der Waals surface area contributed by atoms with Crippen molar-refractivity contribution in [3.63, 3.8) is 0 Å². The number of hydrogen-bond acceptors (Lipinski definition) is 2. The minimum absolute atomic E-state index is 0.114. The summed E-state index contributed by atoms with van der Waals surface area (Å²) in [7, 11) is 1.71. The van der Waals surface area contributed by atoms with Gasteiger partial charge in [-0.3, -0.25) is 0 Å². The number of benzene rings is 1. The minimum atomic E-state index is -4.07. The molecule has 1 nitrogen and oxygen atoms in total. The Bertz CT molecular complexity index is 365. The lowest BCUT2D eigenvalue weighted by atomic mass is 10.2. The summed E-state index contributed by atoms with van der Waals surface area (Å²) in [4.78, 5) is 1.10. The molecular formula is C13H18F3NS. The average Bonchev–Trinajstić information content (AvgIpc) is 2.28. The fourth-order valence-corrected chi connectivity index (χ4v) is 2.72. The molecule has 0 aliphatic rings. The van der Waals surface area contributed by atoms with E-state index in [2.05, 4.69) is 5.32 Å². The second-order valence-electron chi connectivity index (χ2n) is 4.27. The van der Waals surface area contributed by atoms with E-state index in [4.69, 9.17) is 0 Å². The van der Waals surface area contributed by atoms with E-state index in [1.165, 1.54) is 0 Å². The lowest BCUT2D eigenvalue weighted by molar-refractivity contribution is -0.136. The van der Waals surface area contributed by atoms with E-state index in [0.29, 0.717) is 5.75 Å². The summed E-state index contributed by atoms with van der Waals surface area (Å²) in [5, 5.41) is 2.94. The fraction of sp³-hybridized carbons (Fsp3) is 0.538. The Balaban J connectivity index is 2.40. The van der Waals surface area contributed by atoms with Gasteiger partial charge in [0.15, 0.2) is 0 Å². The number of alkyl halides is 3. The maximum absolute atomic E-state index is 12.1. The third kappa shape index (κ3) is 6.31. The van der Waals surface area contributed by atoms with Gasteiger partial charge >= 0.3 is 6.18 Å². The zero-order valence-corrected chi connectivity index (χ0v) is 11.4. The van der Waals surface area contributed by atoms with E-state index in [1.807, 2.05) is 31.2 Å². The van der Waals surface area contributed by atoms with Crippen molar-refractivity contribution in [2.75, 3.05) is 12.8 Å². The van der Waals surface area contributed by atoms with Gasteiger partial charge in [0, 0.05) is 23.1 Å². The Morgan fingerprint density at radius 1 is 1.33 bits per heavy atom. The predicted octanol–water partition coefficient (Wildman–Crippen LogP) is 4.02. The summed E-state index contributed by atoms with van der Waals surface area (Å²) >= 11 is 1.59. The Kier molecular flexibility index (Phi) is 6.02. The zero-order chi connectivity index (χ0) is 13.6. The summed E-state index contributed by atoms with van der Waals surface area (Å²) in [6.45, 7) is 2.00. The lowest BCUT2D eigenvalue weighted by Crippen LogP contribution is -2.29. The predicted molar refractivity (Wildman–Crippen MR) is 70.0 cm³/mol. The van der Waals surface area contributed by atoms with Gasteiger partial charge < -0.3 is 5.32 Å². The topological polar surface area (TPSA) is 12.0 Å². The number of aryl methyl sites for hydroxylation is 1. The normalized spacial score (nSPS) is 13.6. The lowest BCUT2D eigenvalue weighted by Gasteiger charge is -2.16. The van der Waals surface area contributed by atoms with Crippen LogP contribution >= 0.6 is 11.8 Å². The van der Waals surface area contributed by atoms with Crippen LogP contribution in [-0.4, -0.2) is 25.0 Å². The van der Waals surface area contributed by atoms with Gasteiger partial charge in [0.05, 0.1) is 0 Å². The summed E-state index contributed by atoms with van der Waals surface area (Å²) in [5.41, 5.74) is 1.16. The van der Waals surface area contributed by atoms with E-state index in [-0.39, 0.29) is 12.5 Å². The molecule has 1 aromatic carbocycles. The van der Waals surface area contributed by atoms with Crippen molar-refractivity contribution in [2.45, 2.75) is 36.9 Å². The second-order valence-corrected chi connectivity index (χ2v) is 5.36. The first-order valence-corrected chi connectivity index (χ1v) is 6.83. The Morgan fingerprint density at radius 3 is 2.61 bits per heavy atom. The Labute approximate surface area is 110 Å². The van der Waals surface area contributed by atoms with Crippen LogP contribution in [0.3, 0.4) is 0 Å². The number of rotatable bonds is 6. The quantitative estimate of drug-likeness (QED) is 0.788. The molecule has 0 spiro atoms. The molecule has 5 heteroatoms. The molecule has 0 bridgehead atoms. The van der Waals surface area contributed by atoms with Crippen molar-refractivity contribution >= 4 is 11.8 Å². The van der Waals surface area contributed by atoms with Crippen LogP contribution in [0.15, 0.2) is 29.2 Å². The minimum Gasteiger partial charge on any atom is -0.316 e. The van der Waals surface area contributed by atoms with E-state index < -0.39 is 12.6 Å². The maximum Gasteiger partial charge on any atom is 0.389 e. The molecule has 102 valence electrons. The monoisotopic (exact) mass is 277 g/mol. The Morgan fingerprint density at radius 2 is 2.06 bits per heavy atom. The molecule has 0 saturated carbocycles. The molecule has 0 aliphatic carbocycles. The van der Waals surface area contributed by atoms with E-state index in [1.54, 1.807) is 18.8 Å². The van der Waals surface area contributed by atoms with Crippen molar-refractivity contribution < 1.29 is 13.2 Å². The molecule has 1 N–H and O–H groups in total. The summed E-state index contributed by atoms with van der Waals surface area (Å²) in [5.74, 6) is 0.649. The number of halogens is 3. The molecular weight excluding hydrogens is 259 g/mol. The summed E-state index contributed by atoms with van der Waals surface area (Å²) < 4.78 is 36.4. The van der Waals surface area contributed by atoms with E-state index >= 15 is 0 Å². The van der Waals surface area contributed by atoms with Crippen LogP contribution in [0.1, 0.15) is 18.4 Å². The van der Waals surface area contributed by atoms with Crippen LogP contribution < -0.4 is 5.32 Å². The highest BCUT2D eigenvalue weighted by molar-refractivity contribution is 7.99. The number of thioether (sulfide) groups is 1. The number of hydrogen-bond donors (Lipinski definition) is 1. The highest BCUT2D eigenvalue weighted by Gasteiger charge is 2.27. The first-order valence-electron chi connectivity index (χ1n) is 5.84. The standard InChI is InChI=1S/C13H18F3NS/c1-10-4-3-5-12(8-10)18-9-11(17-2)6-7-13(14,15)16/h3-5,8,11,17H,6-7,9H2,1-2H3. The second kappa shape index (κ2) is 7.04. The van der Waals surface area contributed by atoms with Gasteiger partial charge in [0.2, 0.25) is 0 Å². The van der Waals surface area contributed by atoms with Crippen molar-refractivity contribution in [3.8, 4) is 0 Å². The largest absolute Gasteiger partial charge is 0.389 e. The van der Waals surface area contributed by atoms with Crippen molar-refractivity contribution in [3.05, 3.63) is 29.8 Å². The van der Waals surface area contributed by atoms with Crippen molar-refractivity contribution in [1.29, 1.82) is 0 Å². The molecule has 1 rings (SSSR count). The molecule has 1 unspecified atom stereocenters. The van der Waals surface area contributed by atoms with Gasteiger partial charge in [-0.05, 0) is 32.5 Å². The highest BCUT2D eigenvalue weighted by atomic mass is 32.2. The van der Waals surface area contributed by atoms with Crippen LogP contribution in [0.25, 0.3) is 0 Å². The van der Waals surface area contributed by atoms with E-state index in [9.17, 15) is 13.2 Å². The smallest absolute Gasteiger partial charge is 0.316 e. The molecule has 0 amide bonds. The average molecular weight is 277 g/mol. The van der Waals surface area contributed by atoms with Gasteiger partial charge in [-0.15, -0.1) is 11.8 Å². The van der Waals surface area contributed by atoms with Crippen molar-refractivity contribution in [2.24, 2.45) is 0 Å². The van der Waals surface area contributed by atoms with Crippen LogP contribution in [-0.2, 0) is 0 Å². The van der Waals surface area contributed by atoms with Gasteiger partial charge in [-0.2, -0.15) is 13.2 Å². The van der Waals surface area contributed by atoms with Crippen LogP contribution in [0.2, 0.25) is 0 Å². The molecule has 0 heterocycles. The third-order valence-electron chi connectivity index (χ3n) is 2.63. The number of nitrogens with one attached hydrogen (secondary N) is 1. The third-order valence-corrected chi connectivity index (χ3v) is 3.78. The fourth-order valence-electron chi connectivity index (χ4n) is 1.55. The summed E-state index contributed by atoms with van der Waals surface area (Å²) in [6.07, 6.45) is -4.67. The first kappa shape index (κ1) is 15.4. The molecule has 1 aromatic rings. The van der Waals surface area contributed by atoms with Gasteiger partial charge in [-0.1, -0.05) is 17.7 Å².